The Hall–Kier alpha value is -3.67. The second-order valence-electron chi connectivity index (χ2n) is 7.76. The normalized spacial score (nSPS) is 14.2. The first-order chi connectivity index (χ1) is 15.1. The van der Waals surface area contributed by atoms with Gasteiger partial charge in [0.2, 0.25) is 5.91 Å². The van der Waals surface area contributed by atoms with Gasteiger partial charge in [0, 0.05) is 12.5 Å². The number of fused-ring (bicyclic) bond motifs is 1. The number of para-hydroxylation sites is 1. The molecule has 2 aromatic carbocycles. The fraction of sp³-hybridized carbons (Fsp3) is 0.240. The van der Waals surface area contributed by atoms with Gasteiger partial charge in [0.1, 0.15) is 5.82 Å². The zero-order valence-electron chi connectivity index (χ0n) is 17.8. The second kappa shape index (κ2) is 9.00. The van der Waals surface area contributed by atoms with Gasteiger partial charge in [0.05, 0.1) is 23.6 Å². The van der Waals surface area contributed by atoms with Crippen molar-refractivity contribution in [2.45, 2.75) is 33.4 Å². The predicted molar refractivity (Wildman–Crippen MR) is 122 cm³/mol. The maximum atomic E-state index is 13.4. The standard InChI is InChI=1S/C25H26N4O2/c1-3-18(2)24(30)27-23-15-14-22-21(26-23)17-28(16-19-10-6-4-7-11-19)25(31)29(22)20-12-8-5-9-13-20/h4-15,18H,3,16-17H2,1-2H3,(H,26,27,30)/t18-/m1/s1. The van der Waals surface area contributed by atoms with Gasteiger partial charge in [-0.15, -0.1) is 0 Å². The Kier molecular flexibility index (Phi) is 5.98. The van der Waals surface area contributed by atoms with Crippen LogP contribution >= 0.6 is 0 Å². The molecule has 3 aromatic rings. The van der Waals surface area contributed by atoms with Crippen molar-refractivity contribution in [3.63, 3.8) is 0 Å². The molecule has 0 bridgehead atoms. The Balaban J connectivity index is 1.70. The van der Waals surface area contributed by atoms with Gasteiger partial charge >= 0.3 is 6.03 Å². The van der Waals surface area contributed by atoms with E-state index in [0.717, 1.165) is 29.1 Å². The van der Waals surface area contributed by atoms with Crippen LogP contribution < -0.4 is 10.2 Å². The van der Waals surface area contributed by atoms with Crippen LogP contribution in [0.15, 0.2) is 72.8 Å². The Morgan fingerprint density at radius 1 is 1.03 bits per heavy atom. The molecule has 6 nitrogen and oxygen atoms in total. The van der Waals surface area contributed by atoms with E-state index < -0.39 is 0 Å². The van der Waals surface area contributed by atoms with E-state index in [0.29, 0.717) is 18.9 Å². The molecule has 0 fully saturated rings. The van der Waals surface area contributed by atoms with Crippen molar-refractivity contribution in [2.24, 2.45) is 5.92 Å². The highest BCUT2D eigenvalue weighted by Crippen LogP contribution is 2.35. The summed E-state index contributed by atoms with van der Waals surface area (Å²) in [7, 11) is 0. The molecule has 6 heteroatoms. The fourth-order valence-corrected chi connectivity index (χ4v) is 3.57. The lowest BCUT2D eigenvalue weighted by Gasteiger charge is -2.36. The summed E-state index contributed by atoms with van der Waals surface area (Å²) in [5.41, 5.74) is 3.32. The van der Waals surface area contributed by atoms with Crippen molar-refractivity contribution < 1.29 is 9.59 Å². The number of hydrogen-bond donors (Lipinski definition) is 1. The number of rotatable bonds is 6. The third-order valence-corrected chi connectivity index (χ3v) is 5.54. The Morgan fingerprint density at radius 3 is 2.39 bits per heavy atom. The lowest BCUT2D eigenvalue weighted by atomic mass is 10.1. The fourth-order valence-electron chi connectivity index (χ4n) is 3.57. The zero-order chi connectivity index (χ0) is 21.8. The minimum Gasteiger partial charge on any atom is -0.314 e. The lowest BCUT2D eigenvalue weighted by molar-refractivity contribution is -0.119. The summed E-state index contributed by atoms with van der Waals surface area (Å²) >= 11 is 0. The summed E-state index contributed by atoms with van der Waals surface area (Å²) < 4.78 is 0. The third kappa shape index (κ3) is 4.43. The van der Waals surface area contributed by atoms with Gasteiger partial charge < -0.3 is 10.2 Å². The van der Waals surface area contributed by atoms with Gasteiger partial charge in [-0.1, -0.05) is 62.4 Å². The van der Waals surface area contributed by atoms with Crippen molar-refractivity contribution in [2.75, 3.05) is 10.2 Å². The van der Waals surface area contributed by atoms with Crippen LogP contribution in [0.3, 0.4) is 0 Å². The molecule has 3 amide bonds. The highest BCUT2D eigenvalue weighted by Gasteiger charge is 2.32. The number of carbonyl (C=O) groups excluding carboxylic acids is 2. The summed E-state index contributed by atoms with van der Waals surface area (Å²) in [6.07, 6.45) is 0.762. The number of benzene rings is 2. The molecule has 0 spiro atoms. The van der Waals surface area contributed by atoms with E-state index >= 15 is 0 Å². The Morgan fingerprint density at radius 2 is 1.71 bits per heavy atom. The van der Waals surface area contributed by atoms with E-state index in [2.05, 4.69) is 5.32 Å². The molecule has 1 aromatic heterocycles. The molecular formula is C25H26N4O2. The molecule has 0 aliphatic carbocycles. The summed E-state index contributed by atoms with van der Waals surface area (Å²) in [5.74, 6) is 0.365. The van der Waals surface area contributed by atoms with Gasteiger partial charge in [-0.05, 0) is 36.2 Å². The van der Waals surface area contributed by atoms with Gasteiger partial charge in [-0.3, -0.25) is 9.69 Å². The molecule has 1 aliphatic heterocycles. The van der Waals surface area contributed by atoms with E-state index in [4.69, 9.17) is 4.98 Å². The second-order valence-corrected chi connectivity index (χ2v) is 7.76. The van der Waals surface area contributed by atoms with Crippen molar-refractivity contribution in [1.29, 1.82) is 0 Å². The van der Waals surface area contributed by atoms with Gasteiger partial charge in [-0.2, -0.15) is 0 Å². The van der Waals surface area contributed by atoms with Crippen LogP contribution in [0.1, 0.15) is 31.5 Å². The van der Waals surface area contributed by atoms with Gasteiger partial charge in [0.25, 0.3) is 0 Å². The van der Waals surface area contributed by atoms with E-state index in [-0.39, 0.29) is 17.9 Å². The first kappa shape index (κ1) is 20.6. The zero-order valence-corrected chi connectivity index (χ0v) is 17.8. The number of amides is 3. The first-order valence-corrected chi connectivity index (χ1v) is 10.6. The van der Waals surface area contributed by atoms with Gasteiger partial charge in [0.15, 0.2) is 0 Å². The SMILES string of the molecule is CC[C@@H](C)C(=O)Nc1ccc2c(n1)CN(Cc1ccccc1)C(=O)N2c1ccccc1. The highest BCUT2D eigenvalue weighted by atomic mass is 16.2. The molecule has 4 rings (SSSR count). The number of pyridine rings is 1. The van der Waals surface area contributed by atoms with Crippen LogP contribution in [0.25, 0.3) is 0 Å². The molecule has 0 saturated heterocycles. The minimum atomic E-state index is -0.0965. The first-order valence-electron chi connectivity index (χ1n) is 10.6. The molecule has 0 saturated carbocycles. The third-order valence-electron chi connectivity index (χ3n) is 5.54. The average Bonchev–Trinajstić information content (AvgIpc) is 2.80. The monoisotopic (exact) mass is 414 g/mol. The van der Waals surface area contributed by atoms with Crippen molar-refractivity contribution in [3.05, 3.63) is 84.1 Å². The largest absolute Gasteiger partial charge is 0.329 e. The number of nitrogens with one attached hydrogen (secondary N) is 1. The van der Waals surface area contributed by atoms with Gasteiger partial charge in [-0.25, -0.2) is 9.78 Å². The summed E-state index contributed by atoms with van der Waals surface area (Å²) in [6, 6.07) is 23.0. The minimum absolute atomic E-state index is 0.0529. The number of carbonyl (C=O) groups is 2. The molecule has 0 unspecified atom stereocenters. The number of urea groups is 1. The summed E-state index contributed by atoms with van der Waals surface area (Å²) in [5, 5.41) is 2.90. The highest BCUT2D eigenvalue weighted by molar-refractivity contribution is 6.01. The van der Waals surface area contributed by atoms with Crippen LogP contribution in [-0.2, 0) is 17.9 Å². The van der Waals surface area contributed by atoms with E-state index in [1.165, 1.54) is 0 Å². The van der Waals surface area contributed by atoms with Crippen LogP contribution in [-0.4, -0.2) is 21.8 Å². The van der Waals surface area contributed by atoms with E-state index in [1.54, 1.807) is 15.9 Å². The molecule has 2 heterocycles. The molecule has 31 heavy (non-hydrogen) atoms. The average molecular weight is 415 g/mol. The predicted octanol–water partition coefficient (Wildman–Crippen LogP) is 5.34. The summed E-state index contributed by atoms with van der Waals surface area (Å²) in [6.45, 7) is 4.73. The van der Waals surface area contributed by atoms with Crippen LogP contribution in [0.4, 0.5) is 22.0 Å². The van der Waals surface area contributed by atoms with Crippen molar-refractivity contribution in [3.8, 4) is 0 Å². The van der Waals surface area contributed by atoms with Crippen molar-refractivity contribution >= 4 is 29.1 Å². The van der Waals surface area contributed by atoms with Crippen molar-refractivity contribution in [1.82, 2.24) is 9.88 Å². The number of aromatic nitrogens is 1. The van der Waals surface area contributed by atoms with Crippen LogP contribution in [0.2, 0.25) is 0 Å². The lowest BCUT2D eigenvalue weighted by Crippen LogP contribution is -2.44. The Labute approximate surface area is 182 Å². The quantitative estimate of drug-likeness (QED) is 0.592. The van der Waals surface area contributed by atoms with Crippen LogP contribution in [0, 0.1) is 5.92 Å². The van der Waals surface area contributed by atoms with E-state index in [1.807, 2.05) is 80.6 Å². The van der Waals surface area contributed by atoms with E-state index in [9.17, 15) is 9.59 Å². The number of nitrogens with zero attached hydrogens (tertiary/aromatic N) is 3. The Bertz CT molecular complexity index is 1070. The number of hydrogen-bond acceptors (Lipinski definition) is 3. The maximum Gasteiger partial charge on any atom is 0.329 e. The molecule has 1 N–H and O–H groups in total. The molecule has 1 atom stereocenters. The molecule has 1 aliphatic rings. The molecular weight excluding hydrogens is 388 g/mol. The number of anilines is 3. The molecule has 0 radical (unpaired) electrons. The molecule has 158 valence electrons. The smallest absolute Gasteiger partial charge is 0.314 e. The maximum absolute atomic E-state index is 13.4. The topological polar surface area (TPSA) is 65.5 Å². The van der Waals surface area contributed by atoms with Crippen LogP contribution in [0.5, 0.6) is 0 Å². The summed E-state index contributed by atoms with van der Waals surface area (Å²) in [4.78, 5) is 33.9.